The van der Waals surface area contributed by atoms with Crippen molar-refractivity contribution in [1.82, 2.24) is 9.97 Å². The van der Waals surface area contributed by atoms with Crippen molar-refractivity contribution in [3.63, 3.8) is 0 Å². The van der Waals surface area contributed by atoms with Crippen molar-refractivity contribution in [2.24, 2.45) is 11.3 Å². The zero-order chi connectivity index (χ0) is 17.8. The zero-order valence-electron chi connectivity index (χ0n) is 14.6. The molecule has 1 unspecified atom stereocenters. The van der Waals surface area contributed by atoms with E-state index in [1.807, 2.05) is 24.3 Å². The van der Waals surface area contributed by atoms with Crippen LogP contribution in [0.4, 0.5) is 0 Å². The summed E-state index contributed by atoms with van der Waals surface area (Å²) in [6, 6.07) is 7.43. The highest BCUT2D eigenvalue weighted by Gasteiger charge is 2.31. The Morgan fingerprint density at radius 1 is 1.32 bits per heavy atom. The molecule has 1 aliphatic carbocycles. The van der Waals surface area contributed by atoms with Gasteiger partial charge in [-0.1, -0.05) is 44.5 Å². The minimum absolute atomic E-state index is 0.0355. The van der Waals surface area contributed by atoms with Gasteiger partial charge in [0.15, 0.2) is 0 Å². The molecule has 0 bridgehead atoms. The molecule has 0 fully saturated rings. The van der Waals surface area contributed by atoms with Crippen molar-refractivity contribution < 1.29 is 0 Å². The lowest BCUT2D eigenvalue weighted by Crippen LogP contribution is -2.26. The van der Waals surface area contributed by atoms with Crippen LogP contribution in [0, 0.1) is 11.3 Å². The molecule has 130 valence electrons. The van der Waals surface area contributed by atoms with Gasteiger partial charge in [0.05, 0.1) is 5.39 Å². The van der Waals surface area contributed by atoms with Crippen LogP contribution in [0.25, 0.3) is 21.6 Å². The van der Waals surface area contributed by atoms with Gasteiger partial charge in [-0.05, 0) is 48.3 Å². The Morgan fingerprint density at radius 2 is 2.12 bits per heavy atom. The molecule has 0 aliphatic heterocycles. The van der Waals surface area contributed by atoms with Gasteiger partial charge in [-0.2, -0.15) is 0 Å². The number of hydrogen-bond donors (Lipinski definition) is 1. The summed E-state index contributed by atoms with van der Waals surface area (Å²) >= 11 is 7.76. The third-order valence-corrected chi connectivity index (χ3v) is 6.63. The molecule has 0 saturated heterocycles. The molecule has 0 saturated carbocycles. The van der Waals surface area contributed by atoms with Crippen LogP contribution in [0.5, 0.6) is 0 Å². The minimum Gasteiger partial charge on any atom is -0.306 e. The highest BCUT2D eigenvalue weighted by molar-refractivity contribution is 7.18. The molecular formula is C20H21ClN2OS. The molecule has 0 amide bonds. The second kappa shape index (κ2) is 5.96. The number of halogens is 1. The number of aromatic amines is 1. The Morgan fingerprint density at radius 3 is 2.84 bits per heavy atom. The fourth-order valence-electron chi connectivity index (χ4n) is 3.70. The summed E-state index contributed by atoms with van der Waals surface area (Å²) in [7, 11) is 0. The Labute approximate surface area is 156 Å². The van der Waals surface area contributed by atoms with E-state index in [0.717, 1.165) is 35.0 Å². The van der Waals surface area contributed by atoms with Gasteiger partial charge >= 0.3 is 0 Å². The van der Waals surface area contributed by atoms with Gasteiger partial charge in [-0.3, -0.25) is 4.79 Å². The quantitative estimate of drug-likeness (QED) is 0.616. The average Bonchev–Trinajstić information content (AvgIpc) is 2.92. The predicted octanol–water partition coefficient (Wildman–Crippen LogP) is 5.46. The predicted molar refractivity (Wildman–Crippen MR) is 106 cm³/mol. The summed E-state index contributed by atoms with van der Waals surface area (Å²) in [5.74, 6) is 1.24. The average molecular weight is 373 g/mol. The lowest BCUT2D eigenvalue weighted by molar-refractivity contribution is 0.218. The molecule has 1 atom stereocenters. The standard InChI is InChI=1S/C20H21ClN2OS/c1-20(2,3)12-7-8-14-15(10-12)25-19-16(14)18(24)22-17(23-19)11-5-4-6-13(21)9-11/h4-6,9,12H,7-8,10H2,1-3H3,(H,22,23,24). The molecule has 1 aliphatic rings. The van der Waals surface area contributed by atoms with Crippen molar-refractivity contribution in [3.05, 3.63) is 50.1 Å². The largest absolute Gasteiger partial charge is 0.306 e. The number of rotatable bonds is 1. The van der Waals surface area contributed by atoms with Crippen LogP contribution in [0.3, 0.4) is 0 Å². The first-order valence-corrected chi connectivity index (χ1v) is 9.83. The SMILES string of the molecule is CC(C)(C)C1CCc2c(sc3nc(-c4cccc(Cl)c4)[nH]c(=O)c23)C1. The Kier molecular flexibility index (Phi) is 4.00. The van der Waals surface area contributed by atoms with Crippen molar-refractivity contribution in [2.75, 3.05) is 0 Å². The first-order chi connectivity index (χ1) is 11.8. The van der Waals surface area contributed by atoms with E-state index in [-0.39, 0.29) is 5.56 Å². The first-order valence-electron chi connectivity index (χ1n) is 8.63. The summed E-state index contributed by atoms with van der Waals surface area (Å²) in [6.07, 6.45) is 3.15. The fraction of sp³-hybridized carbons (Fsp3) is 0.400. The number of aromatic nitrogens is 2. The van der Waals surface area contributed by atoms with Crippen molar-refractivity contribution in [2.45, 2.75) is 40.0 Å². The molecule has 4 rings (SSSR count). The molecule has 1 N–H and O–H groups in total. The van der Waals surface area contributed by atoms with Crippen LogP contribution in [0.2, 0.25) is 5.02 Å². The van der Waals surface area contributed by atoms with Crippen LogP contribution in [0.15, 0.2) is 29.1 Å². The van der Waals surface area contributed by atoms with Crippen molar-refractivity contribution in [3.8, 4) is 11.4 Å². The van der Waals surface area contributed by atoms with Crippen LogP contribution in [-0.2, 0) is 12.8 Å². The Hall–Kier alpha value is -1.65. The van der Waals surface area contributed by atoms with E-state index >= 15 is 0 Å². The zero-order valence-corrected chi connectivity index (χ0v) is 16.2. The van der Waals surface area contributed by atoms with E-state index in [9.17, 15) is 4.79 Å². The molecule has 2 aromatic heterocycles. The lowest BCUT2D eigenvalue weighted by Gasteiger charge is -2.33. The highest BCUT2D eigenvalue weighted by atomic mass is 35.5. The Bertz CT molecular complexity index is 1010. The molecule has 3 aromatic rings. The van der Waals surface area contributed by atoms with E-state index in [4.69, 9.17) is 16.6 Å². The normalized spacial score (nSPS) is 17.7. The van der Waals surface area contributed by atoms with E-state index in [0.29, 0.717) is 22.2 Å². The highest BCUT2D eigenvalue weighted by Crippen LogP contribution is 2.42. The molecule has 0 radical (unpaired) electrons. The third-order valence-electron chi connectivity index (χ3n) is 5.24. The Balaban J connectivity index is 1.83. The number of H-pyrrole nitrogens is 1. The van der Waals surface area contributed by atoms with Gasteiger partial charge in [-0.25, -0.2) is 4.98 Å². The molecule has 0 spiro atoms. The van der Waals surface area contributed by atoms with Gasteiger partial charge in [0.1, 0.15) is 10.7 Å². The van der Waals surface area contributed by atoms with Gasteiger partial charge < -0.3 is 4.98 Å². The number of nitrogens with one attached hydrogen (secondary N) is 1. The van der Waals surface area contributed by atoms with Gasteiger partial charge in [0.2, 0.25) is 0 Å². The van der Waals surface area contributed by atoms with Gasteiger partial charge in [-0.15, -0.1) is 11.3 Å². The fourth-order valence-corrected chi connectivity index (χ4v) is 5.19. The van der Waals surface area contributed by atoms with Crippen LogP contribution >= 0.6 is 22.9 Å². The molecule has 25 heavy (non-hydrogen) atoms. The second-order valence-electron chi connectivity index (χ2n) is 7.91. The van der Waals surface area contributed by atoms with Gasteiger partial charge in [0.25, 0.3) is 5.56 Å². The summed E-state index contributed by atoms with van der Waals surface area (Å²) in [5.41, 5.74) is 2.31. The first kappa shape index (κ1) is 16.8. The molecular weight excluding hydrogens is 352 g/mol. The maximum Gasteiger partial charge on any atom is 0.260 e. The van der Waals surface area contributed by atoms with E-state index < -0.39 is 0 Å². The molecule has 1 aromatic carbocycles. The summed E-state index contributed by atoms with van der Waals surface area (Å²) < 4.78 is 0. The molecule has 5 heteroatoms. The van der Waals surface area contributed by atoms with Crippen molar-refractivity contribution >= 4 is 33.2 Å². The van der Waals surface area contributed by atoms with E-state index in [1.54, 1.807) is 11.3 Å². The van der Waals surface area contributed by atoms with Crippen LogP contribution in [0.1, 0.15) is 37.6 Å². The summed E-state index contributed by atoms with van der Waals surface area (Å²) in [6.45, 7) is 6.91. The second-order valence-corrected chi connectivity index (χ2v) is 9.43. The minimum atomic E-state index is -0.0355. The number of hydrogen-bond acceptors (Lipinski definition) is 3. The lowest BCUT2D eigenvalue weighted by atomic mass is 9.72. The number of benzene rings is 1. The summed E-state index contributed by atoms with van der Waals surface area (Å²) in [5, 5.41) is 1.43. The van der Waals surface area contributed by atoms with E-state index in [2.05, 4.69) is 25.8 Å². The van der Waals surface area contributed by atoms with Crippen LogP contribution < -0.4 is 5.56 Å². The molecule has 2 heterocycles. The third kappa shape index (κ3) is 3.02. The number of nitrogens with zero attached hydrogens (tertiary/aromatic N) is 1. The maximum atomic E-state index is 12.7. The smallest absolute Gasteiger partial charge is 0.260 e. The summed E-state index contributed by atoms with van der Waals surface area (Å²) in [4.78, 5) is 22.6. The number of aryl methyl sites for hydroxylation is 1. The van der Waals surface area contributed by atoms with Gasteiger partial charge in [0, 0.05) is 15.5 Å². The van der Waals surface area contributed by atoms with Crippen molar-refractivity contribution in [1.29, 1.82) is 0 Å². The van der Waals surface area contributed by atoms with Crippen LogP contribution in [-0.4, -0.2) is 9.97 Å². The number of thiophene rings is 1. The topological polar surface area (TPSA) is 45.8 Å². The van der Waals surface area contributed by atoms with E-state index in [1.165, 1.54) is 10.4 Å². The molecule has 3 nitrogen and oxygen atoms in total. The number of fused-ring (bicyclic) bond motifs is 3. The monoisotopic (exact) mass is 372 g/mol. The maximum absolute atomic E-state index is 12.7.